The minimum absolute atomic E-state index is 0.229. The summed E-state index contributed by atoms with van der Waals surface area (Å²) < 4.78 is 5.07. The predicted octanol–water partition coefficient (Wildman–Crippen LogP) is 3.35. The van der Waals surface area contributed by atoms with E-state index in [0.717, 1.165) is 18.4 Å². The molecule has 1 saturated carbocycles. The van der Waals surface area contributed by atoms with Crippen LogP contribution in [0.4, 0.5) is 10.6 Å². The van der Waals surface area contributed by atoms with E-state index in [0.29, 0.717) is 22.7 Å². The van der Waals surface area contributed by atoms with Gasteiger partial charge in [-0.1, -0.05) is 12.8 Å². The third-order valence-electron chi connectivity index (χ3n) is 4.16. The van der Waals surface area contributed by atoms with Crippen LogP contribution in [-0.4, -0.2) is 27.0 Å². The summed E-state index contributed by atoms with van der Waals surface area (Å²) in [6.45, 7) is 0. The monoisotopic (exact) mass is 323 g/mol. The van der Waals surface area contributed by atoms with Crippen LogP contribution in [0.1, 0.15) is 25.7 Å². The van der Waals surface area contributed by atoms with E-state index in [2.05, 4.69) is 25.6 Å². The molecule has 0 radical (unpaired) electrons. The Kier molecular flexibility index (Phi) is 3.82. The van der Waals surface area contributed by atoms with Crippen LogP contribution in [-0.2, 0) is 0 Å². The van der Waals surface area contributed by atoms with E-state index in [-0.39, 0.29) is 12.1 Å². The van der Waals surface area contributed by atoms with Crippen molar-refractivity contribution >= 4 is 23.0 Å². The van der Waals surface area contributed by atoms with Gasteiger partial charge in [0.15, 0.2) is 5.65 Å². The molecular formula is C17H17N5O2. The van der Waals surface area contributed by atoms with Crippen molar-refractivity contribution in [1.82, 2.24) is 20.3 Å². The van der Waals surface area contributed by atoms with Crippen molar-refractivity contribution in [2.75, 3.05) is 5.32 Å². The van der Waals surface area contributed by atoms with Gasteiger partial charge in [0, 0.05) is 11.6 Å². The van der Waals surface area contributed by atoms with Crippen molar-refractivity contribution in [3.63, 3.8) is 0 Å². The van der Waals surface area contributed by atoms with E-state index in [4.69, 9.17) is 4.42 Å². The molecular weight excluding hydrogens is 306 g/mol. The molecule has 2 N–H and O–H groups in total. The summed E-state index contributed by atoms with van der Waals surface area (Å²) in [6.07, 6.45) is 9.29. The van der Waals surface area contributed by atoms with Gasteiger partial charge in [-0.15, -0.1) is 0 Å². The summed E-state index contributed by atoms with van der Waals surface area (Å²) in [5.74, 6) is 0.455. The molecule has 0 bridgehead atoms. The number of nitrogens with one attached hydrogen (secondary N) is 2. The van der Waals surface area contributed by atoms with E-state index in [1.807, 2.05) is 6.07 Å². The topological polar surface area (TPSA) is 92.9 Å². The predicted molar refractivity (Wildman–Crippen MR) is 89.4 cm³/mol. The molecule has 1 fully saturated rings. The second kappa shape index (κ2) is 6.27. The molecule has 0 saturated heterocycles. The van der Waals surface area contributed by atoms with Gasteiger partial charge in [-0.25, -0.2) is 14.8 Å². The lowest BCUT2D eigenvalue weighted by Gasteiger charge is -2.12. The highest BCUT2D eigenvalue weighted by molar-refractivity contribution is 5.89. The zero-order valence-electron chi connectivity index (χ0n) is 13.0. The van der Waals surface area contributed by atoms with Gasteiger partial charge in [-0.3, -0.25) is 10.3 Å². The maximum Gasteiger partial charge on any atom is 0.320 e. The molecule has 0 spiro atoms. The third kappa shape index (κ3) is 3.05. The average molecular weight is 323 g/mol. The molecule has 1 aliphatic carbocycles. The van der Waals surface area contributed by atoms with E-state index in [1.165, 1.54) is 12.8 Å². The zero-order valence-corrected chi connectivity index (χ0v) is 13.0. The number of carbonyl (C=O) groups excluding carboxylic acids is 1. The molecule has 3 aromatic heterocycles. The number of fused-ring (bicyclic) bond motifs is 1. The maximum absolute atomic E-state index is 12.0. The van der Waals surface area contributed by atoms with Crippen molar-refractivity contribution in [2.45, 2.75) is 31.7 Å². The highest BCUT2D eigenvalue weighted by Gasteiger charge is 2.17. The molecule has 0 aromatic carbocycles. The number of amides is 2. The number of nitrogens with zero attached hydrogens (tertiary/aromatic N) is 3. The van der Waals surface area contributed by atoms with Crippen molar-refractivity contribution < 1.29 is 9.21 Å². The molecule has 3 heterocycles. The van der Waals surface area contributed by atoms with Gasteiger partial charge < -0.3 is 9.73 Å². The Balaban J connectivity index is 1.54. The van der Waals surface area contributed by atoms with Gasteiger partial charge in [-0.05, 0) is 31.0 Å². The van der Waals surface area contributed by atoms with Crippen LogP contribution in [0.15, 0.2) is 41.3 Å². The Bertz CT molecular complexity index is 857. The molecule has 4 rings (SSSR count). The Morgan fingerprint density at radius 1 is 1.17 bits per heavy atom. The summed E-state index contributed by atoms with van der Waals surface area (Å²) in [5, 5.41) is 5.74. The molecule has 1 aliphatic rings. The molecule has 7 heteroatoms. The van der Waals surface area contributed by atoms with E-state index in [9.17, 15) is 4.79 Å². The minimum atomic E-state index is -0.229. The van der Waals surface area contributed by atoms with Crippen LogP contribution in [0.3, 0.4) is 0 Å². The minimum Gasteiger partial charge on any atom is -0.472 e. The first-order valence-electron chi connectivity index (χ1n) is 8.02. The van der Waals surface area contributed by atoms with Gasteiger partial charge in [0.1, 0.15) is 11.3 Å². The highest BCUT2D eigenvalue weighted by atomic mass is 16.3. The second-order valence-corrected chi connectivity index (χ2v) is 5.89. The van der Waals surface area contributed by atoms with Gasteiger partial charge in [0.2, 0.25) is 0 Å². The molecule has 0 aliphatic heterocycles. The summed E-state index contributed by atoms with van der Waals surface area (Å²) in [6, 6.07) is 5.36. The Hall–Kier alpha value is -2.96. The number of urea groups is 1. The summed E-state index contributed by atoms with van der Waals surface area (Å²) >= 11 is 0. The fraction of sp³-hybridized carbons (Fsp3) is 0.294. The molecule has 3 aromatic rings. The molecule has 122 valence electrons. The number of aromatic nitrogens is 3. The Morgan fingerprint density at radius 3 is 2.83 bits per heavy atom. The number of rotatable bonds is 3. The largest absolute Gasteiger partial charge is 0.472 e. The quantitative estimate of drug-likeness (QED) is 0.771. The van der Waals surface area contributed by atoms with Crippen LogP contribution >= 0.6 is 0 Å². The van der Waals surface area contributed by atoms with Crippen molar-refractivity contribution in [3.8, 4) is 11.3 Å². The standard InChI is InChI=1S/C17H17N5O2/c23-17(19-12-3-1-2-4-12)22-15-6-5-13-16(21-15)20-14(9-18-13)11-7-8-24-10-11/h5-10,12H,1-4H2,(H2,19,20,21,22,23). The van der Waals surface area contributed by atoms with Gasteiger partial charge in [0.05, 0.1) is 24.4 Å². The fourth-order valence-electron chi connectivity index (χ4n) is 2.92. The summed E-state index contributed by atoms with van der Waals surface area (Å²) in [7, 11) is 0. The number of furan rings is 1. The smallest absolute Gasteiger partial charge is 0.320 e. The second-order valence-electron chi connectivity index (χ2n) is 5.89. The normalized spacial score (nSPS) is 14.8. The molecule has 0 atom stereocenters. The highest BCUT2D eigenvalue weighted by Crippen LogP contribution is 2.20. The average Bonchev–Trinajstić information content (AvgIpc) is 3.27. The first-order chi connectivity index (χ1) is 11.8. The van der Waals surface area contributed by atoms with Crippen LogP contribution < -0.4 is 10.6 Å². The third-order valence-corrected chi connectivity index (χ3v) is 4.16. The molecule has 2 amide bonds. The number of hydrogen-bond donors (Lipinski definition) is 2. The maximum atomic E-state index is 12.0. The lowest BCUT2D eigenvalue weighted by atomic mass is 10.2. The summed E-state index contributed by atoms with van der Waals surface area (Å²) in [5.41, 5.74) is 2.66. The van der Waals surface area contributed by atoms with Crippen molar-refractivity contribution in [1.29, 1.82) is 0 Å². The lowest BCUT2D eigenvalue weighted by Crippen LogP contribution is -2.36. The first-order valence-corrected chi connectivity index (χ1v) is 8.02. The van der Waals surface area contributed by atoms with Crippen LogP contribution in [0.25, 0.3) is 22.4 Å². The van der Waals surface area contributed by atoms with Crippen LogP contribution in [0, 0.1) is 0 Å². The van der Waals surface area contributed by atoms with Gasteiger partial charge in [-0.2, -0.15) is 0 Å². The fourth-order valence-corrected chi connectivity index (χ4v) is 2.92. The van der Waals surface area contributed by atoms with Gasteiger partial charge >= 0.3 is 6.03 Å². The van der Waals surface area contributed by atoms with Gasteiger partial charge in [0.25, 0.3) is 0 Å². The number of hydrogen-bond acceptors (Lipinski definition) is 5. The van der Waals surface area contributed by atoms with Crippen LogP contribution in [0.2, 0.25) is 0 Å². The first kappa shape index (κ1) is 14.6. The Labute approximate surface area is 138 Å². The number of pyridine rings is 1. The number of anilines is 1. The molecule has 7 nitrogen and oxygen atoms in total. The summed E-state index contributed by atoms with van der Waals surface area (Å²) in [4.78, 5) is 25.3. The zero-order chi connectivity index (χ0) is 16.4. The van der Waals surface area contributed by atoms with Crippen molar-refractivity contribution in [2.24, 2.45) is 0 Å². The van der Waals surface area contributed by atoms with E-state index in [1.54, 1.807) is 30.9 Å². The van der Waals surface area contributed by atoms with Crippen molar-refractivity contribution in [3.05, 3.63) is 36.9 Å². The molecule has 24 heavy (non-hydrogen) atoms. The molecule has 0 unspecified atom stereocenters. The van der Waals surface area contributed by atoms with Crippen LogP contribution in [0.5, 0.6) is 0 Å². The number of carbonyl (C=O) groups is 1. The lowest BCUT2D eigenvalue weighted by molar-refractivity contribution is 0.248. The Morgan fingerprint density at radius 2 is 2.04 bits per heavy atom. The SMILES string of the molecule is O=C(Nc1ccc2ncc(-c3ccoc3)nc2n1)NC1CCCC1. The van der Waals surface area contributed by atoms with E-state index < -0.39 is 0 Å². The van der Waals surface area contributed by atoms with E-state index >= 15 is 0 Å².